The second kappa shape index (κ2) is 5.53. The molecule has 4 fully saturated rings. The van der Waals surface area contributed by atoms with Gasteiger partial charge in [0.1, 0.15) is 0 Å². The molecule has 0 aromatic carbocycles. The molecule has 1 amide bonds. The third-order valence-corrected chi connectivity index (χ3v) is 7.04. The van der Waals surface area contributed by atoms with Gasteiger partial charge in [0.15, 0.2) is 5.65 Å². The number of rotatable bonds is 4. The van der Waals surface area contributed by atoms with Gasteiger partial charge in [0.2, 0.25) is 0 Å². The smallest absolute Gasteiger partial charge is 0.309 e. The number of carbonyl (C=O) groups is 2. The molecular weight excluding hydrogens is 344 g/mol. The number of aromatic nitrogens is 3. The quantitative estimate of drug-likeness (QED) is 0.865. The monoisotopic (exact) mass is 368 g/mol. The van der Waals surface area contributed by atoms with Crippen molar-refractivity contribution in [2.24, 2.45) is 12.5 Å². The van der Waals surface area contributed by atoms with E-state index < -0.39 is 11.4 Å². The van der Waals surface area contributed by atoms with E-state index in [1.807, 2.05) is 13.1 Å². The summed E-state index contributed by atoms with van der Waals surface area (Å²) in [5.74, 6) is -0.306. The van der Waals surface area contributed by atoms with Gasteiger partial charge in [0.05, 0.1) is 22.6 Å². The average Bonchev–Trinajstić information content (AvgIpc) is 3.46. The fraction of sp³-hybridized carbons (Fsp3) is 0.600. The van der Waals surface area contributed by atoms with Gasteiger partial charge in [-0.3, -0.25) is 14.3 Å². The highest BCUT2D eigenvalue weighted by molar-refractivity contribution is 6.05. The summed E-state index contributed by atoms with van der Waals surface area (Å²) in [6.07, 6.45) is 8.11. The number of aryl methyl sites for hydroxylation is 1. The SMILES string of the molecule is Cn1ncc2c(C(=O)NC34CCC(C(=O)O)(CC3)CC4)cc(C3CC3)nc21. The van der Waals surface area contributed by atoms with Gasteiger partial charge in [-0.2, -0.15) is 5.10 Å². The Balaban J connectivity index is 1.45. The third-order valence-electron chi connectivity index (χ3n) is 7.04. The van der Waals surface area contributed by atoms with E-state index in [4.69, 9.17) is 4.98 Å². The highest BCUT2D eigenvalue weighted by atomic mass is 16.4. The summed E-state index contributed by atoms with van der Waals surface area (Å²) in [4.78, 5) is 29.6. The maximum atomic E-state index is 13.2. The first-order valence-electron chi connectivity index (χ1n) is 9.80. The number of carboxylic acids is 1. The lowest BCUT2D eigenvalue weighted by atomic mass is 9.57. The van der Waals surface area contributed by atoms with Gasteiger partial charge < -0.3 is 10.4 Å². The summed E-state index contributed by atoms with van der Waals surface area (Å²) in [6, 6.07) is 1.93. The second-order valence-electron chi connectivity index (χ2n) is 8.69. The molecule has 0 unspecified atom stereocenters. The van der Waals surface area contributed by atoms with Crippen LogP contribution in [0.15, 0.2) is 12.3 Å². The van der Waals surface area contributed by atoms with Gasteiger partial charge in [0, 0.05) is 24.2 Å². The third kappa shape index (κ3) is 2.55. The minimum atomic E-state index is -0.678. The lowest BCUT2D eigenvalue weighted by molar-refractivity contribution is -0.156. The van der Waals surface area contributed by atoms with Crippen LogP contribution in [0.5, 0.6) is 0 Å². The van der Waals surface area contributed by atoms with Crippen molar-refractivity contribution < 1.29 is 14.7 Å². The van der Waals surface area contributed by atoms with Crippen LogP contribution < -0.4 is 5.32 Å². The number of pyridine rings is 1. The number of hydrogen-bond acceptors (Lipinski definition) is 4. The second-order valence-corrected chi connectivity index (χ2v) is 8.69. The maximum absolute atomic E-state index is 13.2. The number of carbonyl (C=O) groups excluding carboxylic acids is 1. The van der Waals surface area contributed by atoms with Gasteiger partial charge in [0.25, 0.3) is 5.91 Å². The van der Waals surface area contributed by atoms with Gasteiger partial charge in [-0.25, -0.2) is 4.98 Å². The number of hydrogen-bond donors (Lipinski definition) is 2. The first kappa shape index (κ1) is 16.7. The summed E-state index contributed by atoms with van der Waals surface area (Å²) in [7, 11) is 1.85. The van der Waals surface area contributed by atoms with E-state index in [1.165, 1.54) is 0 Å². The molecule has 27 heavy (non-hydrogen) atoms. The molecule has 6 rings (SSSR count). The van der Waals surface area contributed by atoms with E-state index in [9.17, 15) is 14.7 Å². The van der Waals surface area contributed by atoms with Crippen LogP contribution in [0.25, 0.3) is 11.0 Å². The molecule has 0 atom stereocenters. The van der Waals surface area contributed by atoms with Crippen LogP contribution in [0.4, 0.5) is 0 Å². The topological polar surface area (TPSA) is 97.1 Å². The molecule has 7 heteroatoms. The van der Waals surface area contributed by atoms with Crippen molar-refractivity contribution in [3.8, 4) is 0 Å². The molecule has 4 saturated carbocycles. The Morgan fingerprint density at radius 3 is 2.44 bits per heavy atom. The maximum Gasteiger partial charge on any atom is 0.309 e. The zero-order valence-electron chi connectivity index (χ0n) is 15.5. The Bertz CT molecular complexity index is 935. The fourth-order valence-electron chi connectivity index (χ4n) is 4.91. The van der Waals surface area contributed by atoms with Crippen LogP contribution in [-0.2, 0) is 11.8 Å². The Morgan fingerprint density at radius 2 is 1.85 bits per heavy atom. The fourth-order valence-corrected chi connectivity index (χ4v) is 4.91. The van der Waals surface area contributed by atoms with Crippen LogP contribution in [0, 0.1) is 5.41 Å². The van der Waals surface area contributed by atoms with Crippen molar-refractivity contribution in [3.63, 3.8) is 0 Å². The Morgan fingerprint density at radius 1 is 1.19 bits per heavy atom. The normalized spacial score (nSPS) is 29.8. The Kier molecular flexibility index (Phi) is 3.42. The highest BCUT2D eigenvalue weighted by Gasteiger charge is 2.53. The molecule has 0 aliphatic heterocycles. The van der Waals surface area contributed by atoms with Gasteiger partial charge in [-0.05, 0) is 57.4 Å². The van der Waals surface area contributed by atoms with Gasteiger partial charge >= 0.3 is 5.97 Å². The van der Waals surface area contributed by atoms with Crippen LogP contribution in [0.3, 0.4) is 0 Å². The molecule has 0 radical (unpaired) electrons. The number of nitrogens with zero attached hydrogens (tertiary/aromatic N) is 3. The van der Waals surface area contributed by atoms with Crippen molar-refractivity contribution in [1.82, 2.24) is 20.1 Å². The molecule has 2 heterocycles. The molecule has 2 bridgehead atoms. The zero-order chi connectivity index (χ0) is 18.8. The molecule has 4 aliphatic carbocycles. The predicted molar refractivity (Wildman–Crippen MR) is 98.5 cm³/mol. The van der Waals surface area contributed by atoms with E-state index in [2.05, 4.69) is 10.4 Å². The van der Waals surface area contributed by atoms with E-state index in [0.717, 1.165) is 48.8 Å². The molecule has 142 valence electrons. The first-order chi connectivity index (χ1) is 12.9. The Labute approximate surface area is 157 Å². The molecule has 0 saturated heterocycles. The first-order valence-corrected chi connectivity index (χ1v) is 9.80. The van der Waals surface area contributed by atoms with Crippen molar-refractivity contribution in [1.29, 1.82) is 0 Å². The Hall–Kier alpha value is -2.44. The highest BCUT2D eigenvalue weighted by Crippen LogP contribution is 2.52. The number of amides is 1. The van der Waals surface area contributed by atoms with E-state index >= 15 is 0 Å². The lowest BCUT2D eigenvalue weighted by Gasteiger charge is -2.51. The largest absolute Gasteiger partial charge is 0.481 e. The minimum Gasteiger partial charge on any atom is -0.481 e. The number of carboxylic acid groups (broad SMARTS) is 1. The number of aliphatic carboxylic acids is 1. The average molecular weight is 368 g/mol. The van der Waals surface area contributed by atoms with Gasteiger partial charge in [-0.1, -0.05) is 0 Å². The molecule has 2 N–H and O–H groups in total. The van der Waals surface area contributed by atoms with Crippen molar-refractivity contribution in [3.05, 3.63) is 23.5 Å². The van der Waals surface area contributed by atoms with Crippen molar-refractivity contribution >= 4 is 22.9 Å². The summed E-state index contributed by atoms with van der Waals surface area (Å²) in [5.41, 5.74) is 1.53. The van der Waals surface area contributed by atoms with Crippen molar-refractivity contribution in [2.45, 2.75) is 62.8 Å². The standard InChI is InChI=1S/C20H24N4O3/c1-24-16-14(11-21-24)13(10-15(22-16)12-2-3-12)17(25)23-20-7-4-19(5-8-20,6-9-20)18(26)27/h10-12H,2-9H2,1H3,(H,23,25)(H,26,27). The van der Waals surface area contributed by atoms with Crippen LogP contribution in [-0.4, -0.2) is 37.3 Å². The zero-order valence-corrected chi connectivity index (χ0v) is 15.5. The summed E-state index contributed by atoms with van der Waals surface area (Å²) >= 11 is 0. The summed E-state index contributed by atoms with van der Waals surface area (Å²) in [6.45, 7) is 0. The van der Waals surface area contributed by atoms with E-state index in [0.29, 0.717) is 30.7 Å². The molecule has 0 spiro atoms. The number of fused-ring (bicyclic) bond motifs is 4. The van der Waals surface area contributed by atoms with E-state index in [-0.39, 0.29) is 11.4 Å². The molecule has 7 nitrogen and oxygen atoms in total. The number of nitrogens with one attached hydrogen (secondary N) is 1. The van der Waals surface area contributed by atoms with Crippen LogP contribution in [0.2, 0.25) is 0 Å². The molecular formula is C20H24N4O3. The summed E-state index contributed by atoms with van der Waals surface area (Å²) < 4.78 is 1.72. The van der Waals surface area contributed by atoms with E-state index in [1.54, 1.807) is 10.9 Å². The van der Waals surface area contributed by atoms with Gasteiger partial charge in [-0.15, -0.1) is 0 Å². The molecule has 2 aromatic rings. The van der Waals surface area contributed by atoms with Crippen LogP contribution >= 0.6 is 0 Å². The van der Waals surface area contributed by atoms with Crippen molar-refractivity contribution in [2.75, 3.05) is 0 Å². The molecule has 4 aliphatic rings. The predicted octanol–water partition coefficient (Wildman–Crippen LogP) is 2.75. The van der Waals surface area contributed by atoms with Crippen LogP contribution in [0.1, 0.15) is 73.3 Å². The minimum absolute atomic E-state index is 0.0815. The lowest BCUT2D eigenvalue weighted by Crippen LogP contribution is -2.58. The molecule has 2 aromatic heterocycles. The summed E-state index contributed by atoms with van der Waals surface area (Å²) in [5, 5.41) is 17.9.